The van der Waals surface area contributed by atoms with Crippen molar-refractivity contribution in [2.75, 3.05) is 0 Å². The lowest BCUT2D eigenvalue weighted by Gasteiger charge is -2.25. The van der Waals surface area contributed by atoms with Gasteiger partial charge in [0.1, 0.15) is 5.78 Å². The molecule has 0 aromatic heterocycles. The van der Waals surface area contributed by atoms with E-state index in [0.29, 0.717) is 0 Å². The maximum Gasteiger partial charge on any atom is 0.140 e. The first-order valence-corrected chi connectivity index (χ1v) is 4.68. The summed E-state index contributed by atoms with van der Waals surface area (Å²) in [5.41, 5.74) is 0.811. The van der Waals surface area contributed by atoms with Crippen LogP contribution in [0.25, 0.3) is 0 Å². The van der Waals surface area contributed by atoms with Gasteiger partial charge in [-0.3, -0.25) is 4.79 Å². The third-order valence-corrected chi connectivity index (χ3v) is 2.90. The molecular weight excluding hydrogens is 160 g/mol. The number of hydrogen-bond donors (Lipinski definition) is 0. The average Bonchev–Trinajstić information content (AvgIpc) is 2.17. The molecule has 70 valence electrons. The zero-order valence-corrected chi connectivity index (χ0v) is 8.50. The molecule has 1 nitrogen and oxygen atoms in total. The Bertz CT molecular complexity index is 289. The lowest BCUT2D eigenvalue weighted by atomic mass is 9.77. The van der Waals surface area contributed by atoms with Crippen LogP contribution in [0.5, 0.6) is 0 Å². The molecule has 0 aliphatic heterocycles. The predicted octanol–water partition coefficient (Wildman–Crippen LogP) is 2.94. The highest BCUT2D eigenvalue weighted by atomic mass is 16.1. The molecule has 0 bridgehead atoms. The molecule has 0 saturated heterocycles. The molecule has 1 heteroatoms. The summed E-state index contributed by atoms with van der Waals surface area (Å²) in [6.07, 6.45) is 0.854. The number of Topliss-reactive ketones (excluding diaryl/α,β-unsaturated/α-hetero) is 1. The van der Waals surface area contributed by atoms with Crippen molar-refractivity contribution in [2.24, 2.45) is 0 Å². The molecule has 1 atom stereocenters. The van der Waals surface area contributed by atoms with Gasteiger partial charge in [-0.1, -0.05) is 37.3 Å². The third-order valence-electron chi connectivity index (χ3n) is 2.90. The van der Waals surface area contributed by atoms with E-state index in [2.05, 4.69) is 6.92 Å². The zero-order chi connectivity index (χ0) is 9.90. The second-order valence-electron chi connectivity index (χ2n) is 3.61. The summed E-state index contributed by atoms with van der Waals surface area (Å²) in [6.45, 7) is 5.72. The highest BCUT2D eigenvalue weighted by Crippen LogP contribution is 2.27. The lowest BCUT2D eigenvalue weighted by molar-refractivity contribution is -0.122. The fourth-order valence-electron chi connectivity index (χ4n) is 1.46. The normalized spacial score (nSPS) is 15.0. The summed E-state index contributed by atoms with van der Waals surface area (Å²) in [6, 6.07) is 9.97. The van der Waals surface area contributed by atoms with Gasteiger partial charge in [-0.05, 0) is 25.8 Å². The Balaban J connectivity index is 3.11. The van der Waals surface area contributed by atoms with Crippen molar-refractivity contribution in [3.63, 3.8) is 0 Å². The van der Waals surface area contributed by atoms with Gasteiger partial charge in [0.05, 0.1) is 5.41 Å². The quantitative estimate of drug-likeness (QED) is 0.692. The number of rotatable bonds is 3. The summed E-state index contributed by atoms with van der Waals surface area (Å²) in [4.78, 5) is 11.5. The topological polar surface area (TPSA) is 17.1 Å². The fourth-order valence-corrected chi connectivity index (χ4v) is 1.46. The molecule has 0 fully saturated rings. The van der Waals surface area contributed by atoms with Crippen LogP contribution in [0.4, 0.5) is 0 Å². The lowest BCUT2D eigenvalue weighted by Crippen LogP contribution is -2.29. The van der Waals surface area contributed by atoms with Crippen molar-refractivity contribution < 1.29 is 4.79 Å². The Morgan fingerprint density at radius 3 is 2.23 bits per heavy atom. The van der Waals surface area contributed by atoms with Crippen LogP contribution in [0.1, 0.15) is 32.8 Å². The maximum absolute atomic E-state index is 11.5. The van der Waals surface area contributed by atoms with Gasteiger partial charge >= 0.3 is 0 Å². The van der Waals surface area contributed by atoms with E-state index in [9.17, 15) is 4.79 Å². The Morgan fingerprint density at radius 2 is 1.85 bits per heavy atom. The van der Waals surface area contributed by atoms with Gasteiger partial charge in [0.25, 0.3) is 0 Å². The van der Waals surface area contributed by atoms with Gasteiger partial charge < -0.3 is 0 Å². The molecular formula is C12H16O. The first kappa shape index (κ1) is 9.97. The number of hydrogen-bond acceptors (Lipinski definition) is 1. The summed E-state index contributed by atoms with van der Waals surface area (Å²) in [7, 11) is 0. The van der Waals surface area contributed by atoms with Crippen molar-refractivity contribution in [2.45, 2.75) is 32.6 Å². The highest BCUT2D eigenvalue weighted by Gasteiger charge is 2.29. The van der Waals surface area contributed by atoms with Crippen LogP contribution < -0.4 is 0 Å². The molecule has 0 radical (unpaired) electrons. The van der Waals surface area contributed by atoms with E-state index in [1.54, 1.807) is 6.92 Å². The van der Waals surface area contributed by atoms with E-state index in [-0.39, 0.29) is 11.2 Å². The molecule has 1 rings (SSSR count). The summed E-state index contributed by atoms with van der Waals surface area (Å²) < 4.78 is 0. The first-order chi connectivity index (χ1) is 6.11. The van der Waals surface area contributed by atoms with E-state index in [0.717, 1.165) is 12.0 Å². The summed E-state index contributed by atoms with van der Waals surface area (Å²) in [5.74, 6) is 0.237. The largest absolute Gasteiger partial charge is 0.299 e. The standard InChI is InChI=1S/C12H16O/c1-4-12(3,10(2)13)11-8-6-5-7-9-11/h5-9H,4H2,1-3H3/t12-/m0/s1. The second-order valence-corrected chi connectivity index (χ2v) is 3.61. The van der Waals surface area contributed by atoms with Gasteiger partial charge in [-0.25, -0.2) is 0 Å². The number of carbonyl (C=O) groups excluding carboxylic acids is 1. The van der Waals surface area contributed by atoms with Gasteiger partial charge in [-0.2, -0.15) is 0 Å². The third kappa shape index (κ3) is 1.80. The average molecular weight is 176 g/mol. The second kappa shape index (κ2) is 3.73. The van der Waals surface area contributed by atoms with Crippen LogP contribution in [0.3, 0.4) is 0 Å². The Morgan fingerprint density at radius 1 is 1.31 bits per heavy atom. The van der Waals surface area contributed by atoms with E-state index in [4.69, 9.17) is 0 Å². The number of carbonyl (C=O) groups is 1. The molecule has 0 N–H and O–H groups in total. The van der Waals surface area contributed by atoms with Crippen molar-refractivity contribution in [1.82, 2.24) is 0 Å². The van der Waals surface area contributed by atoms with Crippen molar-refractivity contribution >= 4 is 5.78 Å². The molecule has 0 heterocycles. The Labute approximate surface area is 79.8 Å². The van der Waals surface area contributed by atoms with Crippen LogP contribution in [0, 0.1) is 0 Å². The van der Waals surface area contributed by atoms with Crippen LogP contribution in [0.2, 0.25) is 0 Å². The SMILES string of the molecule is CC[C@@](C)(C(C)=O)c1ccccc1. The zero-order valence-electron chi connectivity index (χ0n) is 8.50. The van der Waals surface area contributed by atoms with Gasteiger partial charge in [0.2, 0.25) is 0 Å². The maximum atomic E-state index is 11.5. The fraction of sp³-hybridized carbons (Fsp3) is 0.417. The van der Waals surface area contributed by atoms with Crippen molar-refractivity contribution in [3.8, 4) is 0 Å². The summed E-state index contributed by atoms with van der Waals surface area (Å²) in [5, 5.41) is 0. The van der Waals surface area contributed by atoms with E-state index in [1.165, 1.54) is 0 Å². The van der Waals surface area contributed by atoms with Crippen molar-refractivity contribution in [1.29, 1.82) is 0 Å². The molecule has 0 spiro atoms. The van der Waals surface area contributed by atoms with E-state index in [1.807, 2.05) is 37.3 Å². The Hall–Kier alpha value is -1.11. The van der Waals surface area contributed by atoms with Crippen LogP contribution in [0.15, 0.2) is 30.3 Å². The van der Waals surface area contributed by atoms with Crippen LogP contribution in [-0.2, 0) is 10.2 Å². The van der Waals surface area contributed by atoms with E-state index >= 15 is 0 Å². The predicted molar refractivity (Wildman–Crippen MR) is 54.8 cm³/mol. The molecule has 0 amide bonds. The van der Waals surface area contributed by atoms with Crippen LogP contribution >= 0.6 is 0 Å². The van der Waals surface area contributed by atoms with Gasteiger partial charge in [0.15, 0.2) is 0 Å². The van der Waals surface area contributed by atoms with E-state index < -0.39 is 0 Å². The van der Waals surface area contributed by atoms with Crippen molar-refractivity contribution in [3.05, 3.63) is 35.9 Å². The van der Waals surface area contributed by atoms with Gasteiger partial charge in [0, 0.05) is 0 Å². The number of benzene rings is 1. The Kier molecular flexibility index (Phi) is 2.86. The van der Waals surface area contributed by atoms with Gasteiger partial charge in [-0.15, -0.1) is 0 Å². The van der Waals surface area contributed by atoms with Crippen LogP contribution in [-0.4, -0.2) is 5.78 Å². The highest BCUT2D eigenvalue weighted by molar-refractivity contribution is 5.87. The molecule has 13 heavy (non-hydrogen) atoms. The minimum absolute atomic E-state index is 0.237. The molecule has 0 saturated carbocycles. The molecule has 1 aromatic carbocycles. The number of ketones is 1. The molecule has 1 aromatic rings. The minimum Gasteiger partial charge on any atom is -0.299 e. The molecule has 0 unspecified atom stereocenters. The smallest absolute Gasteiger partial charge is 0.140 e. The minimum atomic E-state index is -0.304. The first-order valence-electron chi connectivity index (χ1n) is 4.68. The molecule has 0 aliphatic carbocycles. The monoisotopic (exact) mass is 176 g/mol. The molecule has 0 aliphatic rings. The summed E-state index contributed by atoms with van der Waals surface area (Å²) >= 11 is 0.